The summed E-state index contributed by atoms with van der Waals surface area (Å²) in [5, 5.41) is 8.80. The van der Waals surface area contributed by atoms with Gasteiger partial charge in [0.1, 0.15) is 5.69 Å². The van der Waals surface area contributed by atoms with Crippen molar-refractivity contribution >= 4 is 0 Å². The quantitative estimate of drug-likeness (QED) is 0.804. The van der Waals surface area contributed by atoms with E-state index in [4.69, 9.17) is 0 Å². The van der Waals surface area contributed by atoms with Gasteiger partial charge in [-0.05, 0) is 38.8 Å². The highest BCUT2D eigenvalue weighted by Crippen LogP contribution is 2.39. The van der Waals surface area contributed by atoms with Gasteiger partial charge in [-0.3, -0.25) is 4.90 Å². The Morgan fingerprint density at radius 1 is 0.958 bits per heavy atom. The van der Waals surface area contributed by atoms with Gasteiger partial charge in [0, 0.05) is 11.6 Å². The Kier molecular flexibility index (Phi) is 6.98. The monoisotopic (exact) mass is 328 g/mol. The van der Waals surface area contributed by atoms with Crippen LogP contribution in [0.5, 0.6) is 0 Å². The lowest BCUT2D eigenvalue weighted by atomic mass is 9.79. The SMILES string of the molecule is CC.CC.CC1C(n2cc(-c3ccccc3)nn2)C2CCN1CC2. The molecule has 2 aromatic rings. The molecule has 2 atom stereocenters. The summed E-state index contributed by atoms with van der Waals surface area (Å²) in [5.74, 6) is 0.764. The number of fused-ring (bicyclic) bond motifs is 3. The van der Waals surface area contributed by atoms with E-state index in [0.717, 1.165) is 17.2 Å². The van der Waals surface area contributed by atoms with E-state index in [2.05, 4.69) is 45.1 Å². The first-order valence-corrected chi connectivity index (χ1v) is 9.54. The third-order valence-electron chi connectivity index (χ3n) is 5.01. The molecule has 0 saturated carbocycles. The van der Waals surface area contributed by atoms with Crippen molar-refractivity contribution in [3.8, 4) is 11.3 Å². The maximum absolute atomic E-state index is 4.43. The van der Waals surface area contributed by atoms with E-state index in [-0.39, 0.29) is 0 Å². The second kappa shape index (κ2) is 8.97. The summed E-state index contributed by atoms with van der Waals surface area (Å²) in [6.07, 6.45) is 4.73. The summed E-state index contributed by atoms with van der Waals surface area (Å²) in [5.41, 5.74) is 2.13. The van der Waals surface area contributed by atoms with Gasteiger partial charge < -0.3 is 0 Å². The lowest BCUT2D eigenvalue weighted by Crippen LogP contribution is -2.54. The Bertz CT molecular complexity index is 583. The molecule has 132 valence electrons. The average molecular weight is 329 g/mol. The number of rotatable bonds is 2. The van der Waals surface area contributed by atoms with Crippen molar-refractivity contribution in [3.63, 3.8) is 0 Å². The van der Waals surface area contributed by atoms with E-state index in [0.29, 0.717) is 12.1 Å². The van der Waals surface area contributed by atoms with Gasteiger partial charge in [0.25, 0.3) is 0 Å². The molecule has 5 rings (SSSR count). The van der Waals surface area contributed by atoms with Crippen molar-refractivity contribution in [1.29, 1.82) is 0 Å². The van der Waals surface area contributed by atoms with E-state index in [1.54, 1.807) is 0 Å². The minimum atomic E-state index is 0.488. The Balaban J connectivity index is 0.000000487. The zero-order valence-corrected chi connectivity index (χ0v) is 15.8. The zero-order chi connectivity index (χ0) is 17.5. The van der Waals surface area contributed by atoms with Crippen molar-refractivity contribution in [3.05, 3.63) is 36.5 Å². The molecule has 4 heteroatoms. The minimum absolute atomic E-state index is 0.488. The summed E-state index contributed by atoms with van der Waals surface area (Å²) in [7, 11) is 0. The van der Waals surface area contributed by atoms with Crippen LogP contribution in [-0.4, -0.2) is 39.0 Å². The number of aromatic nitrogens is 3. The molecule has 3 aliphatic heterocycles. The Morgan fingerprint density at radius 3 is 2.17 bits per heavy atom. The highest BCUT2D eigenvalue weighted by molar-refractivity contribution is 5.57. The van der Waals surface area contributed by atoms with E-state index < -0.39 is 0 Å². The van der Waals surface area contributed by atoms with Crippen molar-refractivity contribution in [2.75, 3.05) is 13.1 Å². The molecule has 0 amide bonds. The maximum Gasteiger partial charge on any atom is 0.113 e. The molecule has 24 heavy (non-hydrogen) atoms. The zero-order valence-electron chi connectivity index (χ0n) is 15.8. The van der Waals surface area contributed by atoms with E-state index in [1.165, 1.54) is 25.9 Å². The van der Waals surface area contributed by atoms with Crippen molar-refractivity contribution in [2.24, 2.45) is 5.92 Å². The summed E-state index contributed by atoms with van der Waals surface area (Å²) in [6.45, 7) is 12.8. The molecular formula is C20H32N4. The minimum Gasteiger partial charge on any atom is -0.298 e. The van der Waals surface area contributed by atoms with Gasteiger partial charge in [-0.1, -0.05) is 63.2 Å². The fourth-order valence-corrected chi connectivity index (χ4v) is 3.88. The molecule has 1 aromatic carbocycles. The lowest BCUT2D eigenvalue weighted by Gasteiger charge is -2.49. The van der Waals surface area contributed by atoms with E-state index in [1.807, 2.05) is 45.9 Å². The maximum atomic E-state index is 4.43. The molecule has 4 heterocycles. The van der Waals surface area contributed by atoms with E-state index >= 15 is 0 Å². The molecule has 3 fully saturated rings. The fourth-order valence-electron chi connectivity index (χ4n) is 3.88. The third kappa shape index (κ3) is 3.69. The molecule has 3 saturated heterocycles. The van der Waals surface area contributed by atoms with Crippen LogP contribution in [0.2, 0.25) is 0 Å². The van der Waals surface area contributed by atoms with Crippen LogP contribution in [0.4, 0.5) is 0 Å². The normalized spacial score (nSPS) is 27.5. The second-order valence-electron chi connectivity index (χ2n) is 6.05. The van der Waals surface area contributed by atoms with Crippen LogP contribution < -0.4 is 0 Å². The molecule has 0 N–H and O–H groups in total. The lowest BCUT2D eigenvalue weighted by molar-refractivity contribution is 0.000189. The number of piperidine rings is 3. The van der Waals surface area contributed by atoms with Gasteiger partial charge in [0.2, 0.25) is 0 Å². The molecule has 2 unspecified atom stereocenters. The first kappa shape index (κ1) is 18.7. The molecule has 2 bridgehead atoms. The van der Waals surface area contributed by atoms with E-state index in [9.17, 15) is 0 Å². The number of benzene rings is 1. The summed E-state index contributed by atoms with van der Waals surface area (Å²) in [4.78, 5) is 2.59. The van der Waals surface area contributed by atoms with Crippen LogP contribution in [0, 0.1) is 5.92 Å². The van der Waals surface area contributed by atoms with Crippen molar-refractivity contribution < 1.29 is 0 Å². The average Bonchev–Trinajstić information content (AvgIpc) is 3.16. The Hall–Kier alpha value is -1.68. The summed E-state index contributed by atoms with van der Waals surface area (Å²) < 4.78 is 2.11. The Morgan fingerprint density at radius 2 is 1.58 bits per heavy atom. The van der Waals surface area contributed by atoms with Crippen molar-refractivity contribution in [2.45, 2.75) is 59.5 Å². The predicted octanol–water partition coefficient (Wildman–Crippen LogP) is 4.65. The van der Waals surface area contributed by atoms with Crippen LogP contribution >= 0.6 is 0 Å². The molecule has 0 aliphatic carbocycles. The summed E-state index contributed by atoms with van der Waals surface area (Å²) >= 11 is 0. The van der Waals surface area contributed by atoms with Crippen LogP contribution in [0.3, 0.4) is 0 Å². The highest BCUT2D eigenvalue weighted by Gasteiger charge is 2.41. The van der Waals surface area contributed by atoms with Crippen molar-refractivity contribution in [1.82, 2.24) is 19.9 Å². The molecular weight excluding hydrogens is 296 g/mol. The molecule has 4 nitrogen and oxygen atoms in total. The van der Waals surface area contributed by atoms with Gasteiger partial charge >= 0.3 is 0 Å². The second-order valence-corrected chi connectivity index (χ2v) is 6.05. The topological polar surface area (TPSA) is 34.0 Å². The van der Waals surface area contributed by atoms with Gasteiger partial charge in [0.15, 0.2) is 0 Å². The molecule has 3 aliphatic rings. The van der Waals surface area contributed by atoms with Gasteiger partial charge in [0.05, 0.1) is 12.2 Å². The first-order valence-electron chi connectivity index (χ1n) is 9.54. The van der Waals surface area contributed by atoms with Gasteiger partial charge in [-0.2, -0.15) is 0 Å². The number of nitrogens with zero attached hydrogens (tertiary/aromatic N) is 4. The van der Waals surface area contributed by atoms with Crippen LogP contribution in [0.15, 0.2) is 36.5 Å². The smallest absolute Gasteiger partial charge is 0.113 e. The summed E-state index contributed by atoms with van der Waals surface area (Å²) in [6, 6.07) is 11.4. The highest BCUT2D eigenvalue weighted by atomic mass is 15.5. The number of hydrogen-bond acceptors (Lipinski definition) is 3. The largest absolute Gasteiger partial charge is 0.298 e. The Labute approximate surface area is 146 Å². The molecule has 1 aromatic heterocycles. The molecule has 0 spiro atoms. The van der Waals surface area contributed by atoms with Crippen LogP contribution in [0.25, 0.3) is 11.3 Å². The first-order chi connectivity index (χ1) is 11.8. The van der Waals surface area contributed by atoms with Crippen LogP contribution in [-0.2, 0) is 0 Å². The van der Waals surface area contributed by atoms with Gasteiger partial charge in [-0.25, -0.2) is 4.68 Å². The standard InChI is InChI=1S/C16H20N4.2C2H6/c1-12-16(14-7-9-19(12)10-8-14)20-11-15(17-18-20)13-5-3-2-4-6-13;2*1-2/h2-6,11-12,14,16H,7-10H2,1H3;2*1-2H3. The number of hydrogen-bond donors (Lipinski definition) is 0. The van der Waals surface area contributed by atoms with Gasteiger partial charge in [-0.15, -0.1) is 5.10 Å². The third-order valence-corrected chi connectivity index (χ3v) is 5.01. The fraction of sp³-hybridized carbons (Fsp3) is 0.600. The van der Waals surface area contributed by atoms with Crippen LogP contribution in [0.1, 0.15) is 53.5 Å². The molecule has 0 radical (unpaired) electrons. The predicted molar refractivity (Wildman–Crippen MR) is 101 cm³/mol.